The second-order valence-corrected chi connectivity index (χ2v) is 5.40. The van der Waals surface area contributed by atoms with Crippen molar-refractivity contribution in [2.75, 3.05) is 20.4 Å². The maximum Gasteiger partial charge on any atom is 0.231 e. The zero-order valence-electron chi connectivity index (χ0n) is 11.4. The summed E-state index contributed by atoms with van der Waals surface area (Å²) in [4.78, 5) is 4.61. The number of hydrogen-bond acceptors (Lipinski definition) is 4. The lowest BCUT2D eigenvalue weighted by Crippen LogP contribution is -2.12. The topological polar surface area (TPSA) is 48.3 Å². The molecule has 1 aromatic heterocycles. The number of nitrogens with zero attached hydrogens (tertiary/aromatic N) is 2. The van der Waals surface area contributed by atoms with Crippen LogP contribution in [-0.2, 0) is 13.5 Å². The van der Waals surface area contributed by atoms with E-state index in [2.05, 4.69) is 30.8 Å². The molecule has 1 aliphatic heterocycles. The molecule has 0 unspecified atom stereocenters. The van der Waals surface area contributed by atoms with Gasteiger partial charge in [-0.3, -0.25) is 0 Å². The van der Waals surface area contributed by atoms with Gasteiger partial charge in [0.1, 0.15) is 10.4 Å². The first kappa shape index (κ1) is 13.5. The van der Waals surface area contributed by atoms with Gasteiger partial charge in [-0.15, -0.1) is 0 Å². The first-order valence-corrected chi connectivity index (χ1v) is 7.25. The molecule has 0 amide bonds. The van der Waals surface area contributed by atoms with E-state index in [1.165, 1.54) is 5.69 Å². The molecule has 0 radical (unpaired) electrons. The van der Waals surface area contributed by atoms with Gasteiger partial charge in [-0.25, -0.2) is 4.98 Å². The van der Waals surface area contributed by atoms with Crippen molar-refractivity contribution in [3.63, 3.8) is 0 Å². The van der Waals surface area contributed by atoms with E-state index in [0.717, 1.165) is 40.5 Å². The fourth-order valence-corrected chi connectivity index (χ4v) is 2.94. The standard InChI is InChI=1S/C14H16BrN3O2/c1-16-6-5-10-13(15)17-14(18(10)2)9-3-4-11-12(7-9)20-8-19-11/h3-4,7,16H,5-6,8H2,1-2H3. The fourth-order valence-electron chi connectivity index (χ4n) is 2.31. The van der Waals surface area contributed by atoms with Crippen molar-refractivity contribution in [1.29, 1.82) is 0 Å². The third kappa shape index (κ3) is 2.29. The van der Waals surface area contributed by atoms with Crippen LogP contribution in [-0.4, -0.2) is 29.9 Å². The van der Waals surface area contributed by atoms with Crippen LogP contribution in [0.4, 0.5) is 0 Å². The smallest absolute Gasteiger partial charge is 0.231 e. The number of rotatable bonds is 4. The summed E-state index contributed by atoms with van der Waals surface area (Å²) in [6.45, 7) is 1.20. The average Bonchev–Trinajstić information content (AvgIpc) is 3.01. The Kier molecular flexibility index (Phi) is 3.67. The van der Waals surface area contributed by atoms with E-state index in [0.29, 0.717) is 0 Å². The molecule has 1 aromatic carbocycles. The highest BCUT2D eigenvalue weighted by Crippen LogP contribution is 2.36. The lowest BCUT2D eigenvalue weighted by molar-refractivity contribution is 0.174. The van der Waals surface area contributed by atoms with E-state index in [9.17, 15) is 0 Å². The van der Waals surface area contributed by atoms with Crippen LogP contribution in [0.25, 0.3) is 11.4 Å². The largest absolute Gasteiger partial charge is 0.454 e. The Labute approximate surface area is 126 Å². The predicted molar refractivity (Wildman–Crippen MR) is 80.1 cm³/mol. The van der Waals surface area contributed by atoms with Gasteiger partial charge in [0.2, 0.25) is 6.79 Å². The first-order chi connectivity index (χ1) is 9.70. The third-order valence-electron chi connectivity index (χ3n) is 3.41. The minimum atomic E-state index is 0.288. The molecule has 0 bridgehead atoms. The molecule has 20 heavy (non-hydrogen) atoms. The van der Waals surface area contributed by atoms with Crippen LogP contribution in [0.5, 0.6) is 11.5 Å². The second-order valence-electron chi connectivity index (χ2n) is 4.65. The Morgan fingerprint density at radius 2 is 2.15 bits per heavy atom. The van der Waals surface area contributed by atoms with Crippen LogP contribution in [0.3, 0.4) is 0 Å². The Morgan fingerprint density at radius 1 is 1.35 bits per heavy atom. The summed E-state index contributed by atoms with van der Waals surface area (Å²) in [5, 5.41) is 3.16. The number of likely N-dealkylation sites (N-methyl/N-ethyl adjacent to an activating group) is 1. The normalized spacial score (nSPS) is 12.9. The summed E-state index contributed by atoms with van der Waals surface area (Å²) in [6, 6.07) is 5.90. The Morgan fingerprint density at radius 3 is 2.95 bits per heavy atom. The molecule has 0 saturated heterocycles. The Hall–Kier alpha value is -1.53. The molecular weight excluding hydrogens is 322 g/mol. The first-order valence-electron chi connectivity index (χ1n) is 6.46. The SMILES string of the molecule is CNCCc1c(Br)nc(-c2ccc3c(c2)OCO3)n1C. The van der Waals surface area contributed by atoms with Gasteiger partial charge >= 0.3 is 0 Å². The molecule has 2 heterocycles. The molecule has 2 aromatic rings. The van der Waals surface area contributed by atoms with Crippen molar-refractivity contribution in [3.8, 4) is 22.9 Å². The lowest BCUT2D eigenvalue weighted by Gasteiger charge is -2.06. The number of imidazole rings is 1. The highest BCUT2D eigenvalue weighted by Gasteiger charge is 2.18. The van der Waals surface area contributed by atoms with Crippen molar-refractivity contribution in [3.05, 3.63) is 28.5 Å². The molecule has 0 atom stereocenters. The monoisotopic (exact) mass is 337 g/mol. The number of aromatic nitrogens is 2. The molecule has 1 aliphatic rings. The van der Waals surface area contributed by atoms with Crippen LogP contribution in [0.2, 0.25) is 0 Å². The number of ether oxygens (including phenoxy) is 2. The van der Waals surface area contributed by atoms with Gasteiger partial charge < -0.3 is 19.4 Å². The minimum Gasteiger partial charge on any atom is -0.454 e. The van der Waals surface area contributed by atoms with Gasteiger partial charge in [0.25, 0.3) is 0 Å². The Bertz CT molecular complexity index is 640. The quantitative estimate of drug-likeness (QED) is 0.930. The van der Waals surface area contributed by atoms with Crippen LogP contribution < -0.4 is 14.8 Å². The number of hydrogen-bond donors (Lipinski definition) is 1. The molecule has 6 heteroatoms. The zero-order chi connectivity index (χ0) is 14.1. The van der Waals surface area contributed by atoms with Gasteiger partial charge in [0.15, 0.2) is 11.5 Å². The highest BCUT2D eigenvalue weighted by atomic mass is 79.9. The van der Waals surface area contributed by atoms with Crippen LogP contribution in [0.15, 0.2) is 22.8 Å². The summed E-state index contributed by atoms with van der Waals surface area (Å²) in [5.74, 6) is 2.48. The van der Waals surface area contributed by atoms with E-state index in [1.54, 1.807) is 0 Å². The van der Waals surface area contributed by atoms with Crippen LogP contribution in [0, 0.1) is 0 Å². The summed E-state index contributed by atoms with van der Waals surface area (Å²) in [7, 11) is 3.98. The molecule has 106 valence electrons. The van der Waals surface area contributed by atoms with E-state index < -0.39 is 0 Å². The number of halogens is 1. The van der Waals surface area contributed by atoms with Crippen molar-refractivity contribution >= 4 is 15.9 Å². The number of nitrogens with one attached hydrogen (secondary N) is 1. The summed E-state index contributed by atoms with van der Waals surface area (Å²) < 4.78 is 13.8. The number of benzene rings is 1. The van der Waals surface area contributed by atoms with Crippen LogP contribution in [0.1, 0.15) is 5.69 Å². The molecule has 3 rings (SSSR count). The van der Waals surface area contributed by atoms with Crippen LogP contribution >= 0.6 is 15.9 Å². The molecule has 0 spiro atoms. The van der Waals surface area contributed by atoms with Gasteiger partial charge in [-0.05, 0) is 41.2 Å². The molecule has 0 fully saturated rings. The van der Waals surface area contributed by atoms with Gasteiger partial charge in [0.05, 0.1) is 5.69 Å². The predicted octanol–water partition coefficient (Wildman–Crippen LogP) is 2.34. The van der Waals surface area contributed by atoms with E-state index in [-0.39, 0.29) is 6.79 Å². The summed E-state index contributed by atoms with van der Waals surface area (Å²) in [6.07, 6.45) is 0.922. The molecule has 0 saturated carbocycles. The van der Waals surface area contributed by atoms with E-state index in [1.807, 2.05) is 32.3 Å². The van der Waals surface area contributed by atoms with E-state index in [4.69, 9.17) is 9.47 Å². The van der Waals surface area contributed by atoms with Crippen molar-refractivity contribution < 1.29 is 9.47 Å². The second kappa shape index (κ2) is 5.46. The van der Waals surface area contributed by atoms with Crippen molar-refractivity contribution in [1.82, 2.24) is 14.9 Å². The lowest BCUT2D eigenvalue weighted by atomic mass is 10.2. The molecule has 5 nitrogen and oxygen atoms in total. The fraction of sp³-hybridized carbons (Fsp3) is 0.357. The Balaban J connectivity index is 1.98. The molecular formula is C14H16BrN3O2. The molecule has 1 N–H and O–H groups in total. The van der Waals surface area contributed by atoms with Gasteiger partial charge in [-0.1, -0.05) is 0 Å². The van der Waals surface area contributed by atoms with E-state index >= 15 is 0 Å². The summed E-state index contributed by atoms with van der Waals surface area (Å²) >= 11 is 3.54. The average molecular weight is 338 g/mol. The maximum atomic E-state index is 5.42. The van der Waals surface area contributed by atoms with Crippen molar-refractivity contribution in [2.45, 2.75) is 6.42 Å². The minimum absolute atomic E-state index is 0.288. The summed E-state index contributed by atoms with van der Waals surface area (Å²) in [5.41, 5.74) is 2.19. The maximum absolute atomic E-state index is 5.42. The third-order valence-corrected chi connectivity index (χ3v) is 4.04. The molecule has 0 aliphatic carbocycles. The zero-order valence-corrected chi connectivity index (χ0v) is 13.0. The number of fused-ring (bicyclic) bond motifs is 1. The van der Waals surface area contributed by atoms with Gasteiger partial charge in [-0.2, -0.15) is 0 Å². The van der Waals surface area contributed by atoms with Gasteiger partial charge in [0, 0.05) is 25.6 Å². The van der Waals surface area contributed by atoms with Crippen molar-refractivity contribution in [2.24, 2.45) is 7.05 Å². The highest BCUT2D eigenvalue weighted by molar-refractivity contribution is 9.10.